The van der Waals surface area contributed by atoms with Gasteiger partial charge in [0.2, 0.25) is 0 Å². The normalized spacial score (nSPS) is 14.2. The highest BCUT2D eigenvalue weighted by Crippen LogP contribution is 2.34. The lowest BCUT2D eigenvalue weighted by Crippen LogP contribution is -2.07. The van der Waals surface area contributed by atoms with Crippen LogP contribution < -0.4 is 0 Å². The summed E-state index contributed by atoms with van der Waals surface area (Å²) in [6, 6.07) is 17.4. The molecule has 0 aliphatic heterocycles. The highest BCUT2D eigenvalue weighted by Gasteiger charge is 2.18. The van der Waals surface area contributed by atoms with E-state index in [1.165, 1.54) is 22.3 Å². The fraction of sp³-hybridized carbons (Fsp3) is 0.333. The van der Waals surface area contributed by atoms with Gasteiger partial charge in [-0.2, -0.15) is 0 Å². The van der Waals surface area contributed by atoms with E-state index in [0.717, 1.165) is 0 Å². The van der Waals surface area contributed by atoms with Crippen molar-refractivity contribution in [2.24, 2.45) is 0 Å². The van der Waals surface area contributed by atoms with Crippen LogP contribution in [0.1, 0.15) is 47.9 Å². The number of hydrogen-bond acceptors (Lipinski definition) is 0. The molecule has 0 aliphatic rings. The van der Waals surface area contributed by atoms with E-state index in [1.54, 1.807) is 0 Å². The van der Waals surface area contributed by atoms with Crippen molar-refractivity contribution in [3.8, 4) is 0 Å². The molecule has 0 aliphatic carbocycles. The van der Waals surface area contributed by atoms with Gasteiger partial charge in [-0.05, 0) is 47.9 Å². The van der Waals surface area contributed by atoms with Crippen LogP contribution >= 0.6 is 0 Å². The molecule has 0 heterocycles. The molecule has 0 amide bonds. The first-order valence-corrected chi connectivity index (χ1v) is 6.72. The van der Waals surface area contributed by atoms with E-state index in [0.29, 0.717) is 11.8 Å². The lowest BCUT2D eigenvalue weighted by atomic mass is 9.81. The smallest absolute Gasteiger partial charge is 0.0121 e. The van der Waals surface area contributed by atoms with Gasteiger partial charge in [-0.1, -0.05) is 62.4 Å². The molecule has 0 nitrogen and oxygen atoms in total. The van der Waals surface area contributed by atoms with Gasteiger partial charge in [-0.25, -0.2) is 0 Å². The Morgan fingerprint density at radius 1 is 0.611 bits per heavy atom. The average Bonchev–Trinajstić information content (AvgIpc) is 2.38. The Hall–Kier alpha value is -1.56. The SMILES string of the molecule is Cc1ccccc1[C@@H](C)[C@H](C)c1ccccc1C. The molecule has 0 fully saturated rings. The molecular weight excluding hydrogens is 216 g/mol. The van der Waals surface area contributed by atoms with Crippen molar-refractivity contribution >= 4 is 0 Å². The van der Waals surface area contributed by atoms with E-state index in [-0.39, 0.29) is 0 Å². The molecule has 94 valence electrons. The Kier molecular flexibility index (Phi) is 3.86. The summed E-state index contributed by atoms with van der Waals surface area (Å²) in [6.45, 7) is 9.08. The fourth-order valence-corrected chi connectivity index (χ4v) is 2.73. The zero-order chi connectivity index (χ0) is 13.1. The molecule has 0 saturated carbocycles. The van der Waals surface area contributed by atoms with Crippen LogP contribution in [-0.2, 0) is 0 Å². The van der Waals surface area contributed by atoms with Crippen molar-refractivity contribution in [3.05, 3.63) is 70.8 Å². The van der Waals surface area contributed by atoms with Crippen LogP contribution in [0.15, 0.2) is 48.5 Å². The van der Waals surface area contributed by atoms with Gasteiger partial charge in [0.05, 0.1) is 0 Å². The van der Waals surface area contributed by atoms with Crippen molar-refractivity contribution in [2.45, 2.75) is 39.5 Å². The van der Waals surface area contributed by atoms with Gasteiger partial charge >= 0.3 is 0 Å². The molecule has 0 unspecified atom stereocenters. The first-order chi connectivity index (χ1) is 8.61. The first kappa shape index (κ1) is 12.9. The van der Waals surface area contributed by atoms with E-state index in [9.17, 15) is 0 Å². The molecule has 2 rings (SSSR count). The number of rotatable bonds is 3. The predicted octanol–water partition coefficient (Wildman–Crippen LogP) is 5.21. The average molecular weight is 238 g/mol. The van der Waals surface area contributed by atoms with Gasteiger partial charge in [0.15, 0.2) is 0 Å². The summed E-state index contributed by atoms with van der Waals surface area (Å²) in [7, 11) is 0. The quantitative estimate of drug-likeness (QED) is 0.688. The minimum absolute atomic E-state index is 0.548. The molecule has 0 spiro atoms. The summed E-state index contributed by atoms with van der Waals surface area (Å²) in [5.41, 5.74) is 5.72. The minimum Gasteiger partial charge on any atom is -0.0620 e. The molecular formula is C18H22. The summed E-state index contributed by atoms with van der Waals surface area (Å²) in [5.74, 6) is 1.10. The van der Waals surface area contributed by atoms with Crippen LogP contribution in [0.25, 0.3) is 0 Å². The lowest BCUT2D eigenvalue weighted by molar-refractivity contribution is 0.617. The van der Waals surface area contributed by atoms with Crippen LogP contribution in [0.2, 0.25) is 0 Å². The Morgan fingerprint density at radius 2 is 0.944 bits per heavy atom. The van der Waals surface area contributed by atoms with E-state index >= 15 is 0 Å². The summed E-state index contributed by atoms with van der Waals surface area (Å²) in [4.78, 5) is 0. The van der Waals surface area contributed by atoms with Crippen molar-refractivity contribution in [1.82, 2.24) is 0 Å². The second-order valence-corrected chi connectivity index (χ2v) is 5.29. The third-order valence-corrected chi connectivity index (χ3v) is 4.11. The van der Waals surface area contributed by atoms with Gasteiger partial charge < -0.3 is 0 Å². The Labute approximate surface area is 111 Å². The molecule has 2 aromatic rings. The minimum atomic E-state index is 0.548. The third kappa shape index (κ3) is 2.48. The fourth-order valence-electron chi connectivity index (χ4n) is 2.73. The highest BCUT2D eigenvalue weighted by molar-refractivity contribution is 5.35. The maximum Gasteiger partial charge on any atom is -0.0121 e. The predicted molar refractivity (Wildman–Crippen MR) is 79.2 cm³/mol. The van der Waals surface area contributed by atoms with E-state index in [1.807, 2.05) is 0 Å². The van der Waals surface area contributed by atoms with Gasteiger partial charge in [-0.15, -0.1) is 0 Å². The van der Waals surface area contributed by atoms with Crippen LogP contribution in [0.5, 0.6) is 0 Å². The van der Waals surface area contributed by atoms with Gasteiger partial charge in [-0.3, -0.25) is 0 Å². The molecule has 2 aromatic carbocycles. The van der Waals surface area contributed by atoms with E-state index in [2.05, 4.69) is 76.2 Å². The van der Waals surface area contributed by atoms with Crippen LogP contribution in [0.3, 0.4) is 0 Å². The molecule has 2 atom stereocenters. The molecule has 0 saturated heterocycles. The topological polar surface area (TPSA) is 0 Å². The maximum atomic E-state index is 2.33. The standard InChI is InChI=1S/C18H22/c1-13-9-5-7-11-17(13)15(3)16(4)18-12-8-6-10-14(18)2/h5-12,15-16H,1-4H3/t15-,16-/m0/s1. The maximum absolute atomic E-state index is 2.33. The van der Waals surface area contributed by atoms with Crippen molar-refractivity contribution in [3.63, 3.8) is 0 Å². The number of hydrogen-bond donors (Lipinski definition) is 0. The van der Waals surface area contributed by atoms with Crippen molar-refractivity contribution in [1.29, 1.82) is 0 Å². The summed E-state index contributed by atoms with van der Waals surface area (Å²) >= 11 is 0. The largest absolute Gasteiger partial charge is 0.0620 e. The summed E-state index contributed by atoms with van der Waals surface area (Å²) in [6.07, 6.45) is 0. The van der Waals surface area contributed by atoms with Gasteiger partial charge in [0.1, 0.15) is 0 Å². The third-order valence-electron chi connectivity index (χ3n) is 4.11. The van der Waals surface area contributed by atoms with Crippen molar-refractivity contribution < 1.29 is 0 Å². The molecule has 0 aromatic heterocycles. The number of benzene rings is 2. The second-order valence-electron chi connectivity index (χ2n) is 5.29. The summed E-state index contributed by atoms with van der Waals surface area (Å²) < 4.78 is 0. The second kappa shape index (κ2) is 5.39. The number of aryl methyl sites for hydroxylation is 2. The molecule has 0 radical (unpaired) electrons. The summed E-state index contributed by atoms with van der Waals surface area (Å²) in [5, 5.41) is 0. The van der Waals surface area contributed by atoms with Crippen LogP contribution in [0, 0.1) is 13.8 Å². The molecule has 0 heteroatoms. The lowest BCUT2D eigenvalue weighted by Gasteiger charge is -2.24. The molecule has 18 heavy (non-hydrogen) atoms. The zero-order valence-corrected chi connectivity index (χ0v) is 11.8. The van der Waals surface area contributed by atoms with E-state index < -0.39 is 0 Å². The Morgan fingerprint density at radius 3 is 1.28 bits per heavy atom. The van der Waals surface area contributed by atoms with Crippen molar-refractivity contribution in [2.75, 3.05) is 0 Å². The molecule has 0 bridgehead atoms. The van der Waals surface area contributed by atoms with Gasteiger partial charge in [0, 0.05) is 0 Å². The Bertz CT molecular complexity index is 476. The van der Waals surface area contributed by atoms with Gasteiger partial charge in [0.25, 0.3) is 0 Å². The van der Waals surface area contributed by atoms with Crippen LogP contribution in [-0.4, -0.2) is 0 Å². The monoisotopic (exact) mass is 238 g/mol. The Balaban J connectivity index is 2.33. The zero-order valence-electron chi connectivity index (χ0n) is 11.8. The van der Waals surface area contributed by atoms with E-state index in [4.69, 9.17) is 0 Å². The first-order valence-electron chi connectivity index (χ1n) is 6.72. The highest BCUT2D eigenvalue weighted by atomic mass is 14.2. The van der Waals surface area contributed by atoms with Crippen LogP contribution in [0.4, 0.5) is 0 Å². The molecule has 0 N–H and O–H groups in total.